The van der Waals surface area contributed by atoms with Gasteiger partial charge in [-0.15, -0.1) is 0 Å². The van der Waals surface area contributed by atoms with Gasteiger partial charge in [0.25, 0.3) is 0 Å². The summed E-state index contributed by atoms with van der Waals surface area (Å²) in [7, 11) is 1.64. The van der Waals surface area contributed by atoms with Gasteiger partial charge in [0.05, 0.1) is 13.7 Å². The standard InChI is InChI=1S/C23H26N4O2/c1-17-25-14-20(23(24)26-17)16-27(15-19-7-4-3-5-8-19)22(28)12-11-18-9-6-10-21(13-18)29-2/h3-10,13-14H,11-12,15-16H2,1-2H3,(H2,24,25,26). The summed E-state index contributed by atoms with van der Waals surface area (Å²) in [4.78, 5) is 23.3. The van der Waals surface area contributed by atoms with Crippen molar-refractivity contribution in [2.45, 2.75) is 32.9 Å². The number of amides is 1. The second-order valence-corrected chi connectivity index (χ2v) is 6.91. The van der Waals surface area contributed by atoms with E-state index in [1.54, 1.807) is 25.1 Å². The fourth-order valence-corrected chi connectivity index (χ4v) is 3.11. The zero-order chi connectivity index (χ0) is 20.6. The number of nitrogens with zero attached hydrogens (tertiary/aromatic N) is 3. The maximum Gasteiger partial charge on any atom is 0.223 e. The summed E-state index contributed by atoms with van der Waals surface area (Å²) in [6.45, 7) is 2.67. The number of anilines is 1. The van der Waals surface area contributed by atoms with Gasteiger partial charge in [-0.1, -0.05) is 42.5 Å². The zero-order valence-corrected chi connectivity index (χ0v) is 16.8. The molecule has 0 fully saturated rings. The SMILES string of the molecule is COc1cccc(CCC(=O)N(Cc2ccccc2)Cc2cnc(C)nc2N)c1. The highest BCUT2D eigenvalue weighted by Crippen LogP contribution is 2.18. The van der Waals surface area contributed by atoms with Gasteiger partial charge in [0, 0.05) is 24.7 Å². The largest absolute Gasteiger partial charge is 0.497 e. The molecule has 6 heteroatoms. The van der Waals surface area contributed by atoms with Crippen molar-refractivity contribution in [2.24, 2.45) is 0 Å². The van der Waals surface area contributed by atoms with Crippen LogP contribution in [0.15, 0.2) is 60.8 Å². The first-order valence-electron chi connectivity index (χ1n) is 9.58. The smallest absolute Gasteiger partial charge is 0.223 e. The number of methoxy groups -OCH3 is 1. The van der Waals surface area contributed by atoms with Crippen molar-refractivity contribution in [3.05, 3.63) is 83.3 Å². The van der Waals surface area contributed by atoms with E-state index in [0.717, 1.165) is 22.4 Å². The Labute approximate surface area is 171 Å². The Hall–Kier alpha value is -3.41. The van der Waals surface area contributed by atoms with Crippen molar-refractivity contribution in [3.63, 3.8) is 0 Å². The topological polar surface area (TPSA) is 81.3 Å². The Morgan fingerprint density at radius 2 is 1.83 bits per heavy atom. The van der Waals surface area contributed by atoms with Crippen LogP contribution in [0.4, 0.5) is 5.82 Å². The number of carbonyl (C=O) groups excluding carboxylic acids is 1. The van der Waals surface area contributed by atoms with Crippen molar-refractivity contribution in [1.82, 2.24) is 14.9 Å². The third kappa shape index (κ3) is 5.78. The first-order valence-corrected chi connectivity index (χ1v) is 9.58. The number of carbonyl (C=O) groups is 1. The Kier molecular flexibility index (Phi) is 6.79. The fraction of sp³-hybridized carbons (Fsp3) is 0.261. The molecule has 3 aromatic rings. The number of hydrogen-bond donors (Lipinski definition) is 1. The molecule has 2 aromatic carbocycles. The Morgan fingerprint density at radius 1 is 1.07 bits per heavy atom. The average molecular weight is 390 g/mol. The van der Waals surface area contributed by atoms with Crippen LogP contribution < -0.4 is 10.5 Å². The third-order valence-corrected chi connectivity index (χ3v) is 4.71. The number of aromatic nitrogens is 2. The van der Waals surface area contributed by atoms with Crippen molar-refractivity contribution < 1.29 is 9.53 Å². The highest BCUT2D eigenvalue weighted by molar-refractivity contribution is 5.76. The van der Waals surface area contributed by atoms with E-state index in [2.05, 4.69) is 9.97 Å². The Balaban J connectivity index is 1.74. The molecular formula is C23H26N4O2. The molecule has 0 radical (unpaired) electrons. The number of rotatable bonds is 8. The fourth-order valence-electron chi connectivity index (χ4n) is 3.11. The minimum absolute atomic E-state index is 0.0525. The minimum atomic E-state index is 0.0525. The van der Waals surface area contributed by atoms with Crippen LogP contribution in [0.25, 0.3) is 0 Å². The van der Waals surface area contributed by atoms with Crippen LogP contribution in [-0.4, -0.2) is 27.9 Å². The maximum absolute atomic E-state index is 13.1. The van der Waals surface area contributed by atoms with Gasteiger partial charge in [0.1, 0.15) is 17.4 Å². The number of ether oxygens (including phenoxy) is 1. The van der Waals surface area contributed by atoms with Gasteiger partial charge in [-0.05, 0) is 36.6 Å². The van der Waals surface area contributed by atoms with Crippen molar-refractivity contribution in [3.8, 4) is 5.75 Å². The van der Waals surface area contributed by atoms with Crippen LogP contribution in [0.5, 0.6) is 5.75 Å². The van der Waals surface area contributed by atoms with E-state index < -0.39 is 0 Å². The first-order chi connectivity index (χ1) is 14.0. The van der Waals surface area contributed by atoms with Crippen LogP contribution in [-0.2, 0) is 24.3 Å². The first kappa shape index (κ1) is 20.3. The van der Waals surface area contributed by atoms with Gasteiger partial charge in [0.15, 0.2) is 0 Å². The summed E-state index contributed by atoms with van der Waals surface area (Å²) >= 11 is 0. The quantitative estimate of drug-likeness (QED) is 0.636. The molecule has 0 saturated carbocycles. The van der Waals surface area contributed by atoms with Gasteiger partial charge >= 0.3 is 0 Å². The van der Waals surface area contributed by atoms with Crippen molar-refractivity contribution in [1.29, 1.82) is 0 Å². The Bertz CT molecular complexity index is 960. The monoisotopic (exact) mass is 390 g/mol. The van der Waals surface area contributed by atoms with Crippen molar-refractivity contribution >= 4 is 11.7 Å². The molecule has 0 saturated heterocycles. The van der Waals surface area contributed by atoms with E-state index in [1.807, 2.05) is 54.6 Å². The van der Waals surface area contributed by atoms with Gasteiger partial charge < -0.3 is 15.4 Å². The molecule has 1 amide bonds. The highest BCUT2D eigenvalue weighted by atomic mass is 16.5. The third-order valence-electron chi connectivity index (χ3n) is 4.71. The highest BCUT2D eigenvalue weighted by Gasteiger charge is 2.17. The molecule has 2 N–H and O–H groups in total. The van der Waals surface area contributed by atoms with Gasteiger partial charge in [0.2, 0.25) is 5.91 Å². The van der Waals surface area contributed by atoms with Gasteiger partial charge in [-0.25, -0.2) is 9.97 Å². The van der Waals surface area contributed by atoms with E-state index in [4.69, 9.17) is 10.5 Å². The van der Waals surface area contributed by atoms with E-state index >= 15 is 0 Å². The van der Waals surface area contributed by atoms with Gasteiger partial charge in [-0.3, -0.25) is 4.79 Å². The molecule has 0 aliphatic heterocycles. The Morgan fingerprint density at radius 3 is 2.55 bits per heavy atom. The summed E-state index contributed by atoms with van der Waals surface area (Å²) in [5.74, 6) is 1.87. The number of nitrogen functional groups attached to an aromatic ring is 1. The molecule has 0 bridgehead atoms. The van der Waals surface area contributed by atoms with Crippen molar-refractivity contribution in [2.75, 3.05) is 12.8 Å². The predicted molar refractivity (Wildman–Crippen MR) is 113 cm³/mol. The van der Waals surface area contributed by atoms with E-state index in [9.17, 15) is 4.79 Å². The molecule has 1 aromatic heterocycles. The molecule has 0 spiro atoms. The molecule has 0 atom stereocenters. The van der Waals surface area contributed by atoms with Crippen LogP contribution in [0.2, 0.25) is 0 Å². The molecule has 0 aliphatic rings. The normalized spacial score (nSPS) is 10.6. The molecule has 150 valence electrons. The summed E-state index contributed by atoms with van der Waals surface area (Å²) in [6.07, 6.45) is 2.73. The molecule has 0 unspecified atom stereocenters. The predicted octanol–water partition coefficient (Wildman–Crippen LogP) is 3.54. The molecule has 6 nitrogen and oxygen atoms in total. The van der Waals surface area contributed by atoms with Gasteiger partial charge in [-0.2, -0.15) is 0 Å². The summed E-state index contributed by atoms with van der Waals surface area (Å²) < 4.78 is 5.27. The molecule has 3 rings (SSSR count). The second-order valence-electron chi connectivity index (χ2n) is 6.91. The number of aryl methyl sites for hydroxylation is 2. The summed E-state index contributed by atoms with van der Waals surface area (Å²) in [5.41, 5.74) is 8.94. The number of nitrogens with two attached hydrogens (primary N) is 1. The lowest BCUT2D eigenvalue weighted by Crippen LogP contribution is -2.31. The van der Waals surface area contributed by atoms with E-state index in [0.29, 0.717) is 37.6 Å². The molecule has 0 aliphatic carbocycles. The molecule has 29 heavy (non-hydrogen) atoms. The van der Waals surface area contributed by atoms with Crippen LogP contribution >= 0.6 is 0 Å². The minimum Gasteiger partial charge on any atom is -0.497 e. The van der Waals surface area contributed by atoms with Crippen LogP contribution in [0.1, 0.15) is 28.9 Å². The lowest BCUT2D eigenvalue weighted by Gasteiger charge is -2.23. The summed E-state index contributed by atoms with van der Waals surface area (Å²) in [6, 6.07) is 17.7. The number of hydrogen-bond acceptors (Lipinski definition) is 5. The van der Waals surface area contributed by atoms with E-state index in [-0.39, 0.29) is 5.91 Å². The average Bonchev–Trinajstić information content (AvgIpc) is 2.74. The van der Waals surface area contributed by atoms with Crippen LogP contribution in [0, 0.1) is 6.92 Å². The molecule has 1 heterocycles. The lowest BCUT2D eigenvalue weighted by atomic mass is 10.1. The molecular weight excluding hydrogens is 364 g/mol. The summed E-state index contributed by atoms with van der Waals surface area (Å²) in [5, 5.41) is 0. The number of benzene rings is 2. The van der Waals surface area contributed by atoms with E-state index in [1.165, 1.54) is 0 Å². The van der Waals surface area contributed by atoms with Crippen LogP contribution in [0.3, 0.4) is 0 Å². The second kappa shape index (κ2) is 9.68. The lowest BCUT2D eigenvalue weighted by molar-refractivity contribution is -0.132. The maximum atomic E-state index is 13.1. The zero-order valence-electron chi connectivity index (χ0n) is 16.8.